The monoisotopic (exact) mass is 268 g/mol. The van der Waals surface area contributed by atoms with Crippen molar-refractivity contribution in [2.75, 3.05) is 19.1 Å². The number of ether oxygens (including phenoxy) is 1. The van der Waals surface area contributed by atoms with E-state index in [4.69, 9.17) is 9.15 Å². The molecule has 2 aromatic carbocycles. The molecule has 0 atom stereocenters. The second-order valence-corrected chi connectivity index (χ2v) is 4.67. The number of fused-ring (bicyclic) bond motifs is 1. The second kappa shape index (κ2) is 5.25. The Morgan fingerprint density at radius 2 is 1.85 bits per heavy atom. The van der Waals surface area contributed by atoms with E-state index in [2.05, 4.69) is 4.98 Å². The van der Waals surface area contributed by atoms with Crippen LogP contribution in [-0.4, -0.2) is 19.1 Å². The molecule has 0 aliphatic rings. The predicted octanol–water partition coefficient (Wildman–Crippen LogP) is 3.47. The lowest BCUT2D eigenvalue weighted by Crippen LogP contribution is -2.16. The normalized spacial score (nSPS) is 10.7. The number of hydrogen-bond donors (Lipinski definition) is 0. The van der Waals surface area contributed by atoms with Gasteiger partial charge in [0.25, 0.3) is 6.01 Å². The molecule has 4 heteroatoms. The zero-order valence-corrected chi connectivity index (χ0v) is 11.5. The number of para-hydroxylation sites is 2. The minimum Gasteiger partial charge on any atom is -0.497 e. The van der Waals surface area contributed by atoms with E-state index in [1.54, 1.807) is 7.11 Å². The van der Waals surface area contributed by atoms with Gasteiger partial charge in [0.2, 0.25) is 0 Å². The van der Waals surface area contributed by atoms with E-state index >= 15 is 0 Å². The van der Waals surface area contributed by atoms with Gasteiger partial charge < -0.3 is 14.1 Å². The van der Waals surface area contributed by atoms with E-state index in [9.17, 15) is 0 Å². The maximum absolute atomic E-state index is 5.74. The van der Waals surface area contributed by atoms with Gasteiger partial charge in [-0.3, -0.25) is 0 Å². The van der Waals surface area contributed by atoms with Crippen molar-refractivity contribution < 1.29 is 9.15 Å². The Bertz CT molecular complexity index is 671. The van der Waals surface area contributed by atoms with Crippen LogP contribution in [0.5, 0.6) is 5.75 Å². The molecule has 0 N–H and O–H groups in total. The van der Waals surface area contributed by atoms with Gasteiger partial charge in [-0.1, -0.05) is 24.3 Å². The van der Waals surface area contributed by atoms with Gasteiger partial charge in [0.05, 0.1) is 7.11 Å². The third kappa shape index (κ3) is 2.45. The van der Waals surface area contributed by atoms with Crippen molar-refractivity contribution in [3.8, 4) is 5.75 Å². The van der Waals surface area contributed by atoms with Crippen molar-refractivity contribution in [1.29, 1.82) is 0 Å². The fraction of sp³-hybridized carbons (Fsp3) is 0.188. The van der Waals surface area contributed by atoms with E-state index in [0.717, 1.165) is 23.4 Å². The first kappa shape index (κ1) is 12.5. The molecule has 1 heterocycles. The SMILES string of the molecule is COc1ccc(CN(C)c2nc3ccccc3o2)cc1. The van der Waals surface area contributed by atoms with Crippen LogP contribution >= 0.6 is 0 Å². The van der Waals surface area contributed by atoms with Crippen LogP contribution in [0, 0.1) is 0 Å². The number of nitrogens with zero attached hydrogens (tertiary/aromatic N) is 2. The standard InChI is InChI=1S/C16H16N2O2/c1-18(11-12-7-9-13(19-2)10-8-12)16-17-14-5-3-4-6-15(14)20-16/h3-10H,11H2,1-2H3. The average Bonchev–Trinajstić information content (AvgIpc) is 2.92. The highest BCUT2D eigenvalue weighted by Gasteiger charge is 2.10. The zero-order valence-electron chi connectivity index (χ0n) is 11.5. The molecule has 0 saturated heterocycles. The van der Waals surface area contributed by atoms with E-state index in [1.807, 2.05) is 60.5 Å². The van der Waals surface area contributed by atoms with Crippen LogP contribution in [0.2, 0.25) is 0 Å². The molecule has 1 aromatic heterocycles. The van der Waals surface area contributed by atoms with Gasteiger partial charge in [-0.2, -0.15) is 4.98 Å². The second-order valence-electron chi connectivity index (χ2n) is 4.67. The Morgan fingerprint density at radius 3 is 2.55 bits per heavy atom. The predicted molar refractivity (Wildman–Crippen MR) is 79.1 cm³/mol. The molecule has 4 nitrogen and oxygen atoms in total. The van der Waals surface area contributed by atoms with Crippen LogP contribution in [0.4, 0.5) is 6.01 Å². The van der Waals surface area contributed by atoms with Crippen molar-refractivity contribution in [2.45, 2.75) is 6.54 Å². The molecule has 20 heavy (non-hydrogen) atoms. The zero-order chi connectivity index (χ0) is 13.9. The Kier molecular flexibility index (Phi) is 3.29. The molecule has 0 aliphatic heterocycles. The summed E-state index contributed by atoms with van der Waals surface area (Å²) < 4.78 is 10.9. The minimum absolute atomic E-state index is 0.627. The molecule has 0 saturated carbocycles. The fourth-order valence-corrected chi connectivity index (χ4v) is 2.10. The summed E-state index contributed by atoms with van der Waals surface area (Å²) in [7, 11) is 3.63. The summed E-state index contributed by atoms with van der Waals surface area (Å²) in [5, 5.41) is 0. The highest BCUT2D eigenvalue weighted by atomic mass is 16.5. The van der Waals surface area contributed by atoms with Crippen molar-refractivity contribution in [3.05, 3.63) is 54.1 Å². The summed E-state index contributed by atoms with van der Waals surface area (Å²) in [5.74, 6) is 0.860. The van der Waals surface area contributed by atoms with Crippen molar-refractivity contribution in [2.24, 2.45) is 0 Å². The summed E-state index contributed by atoms with van der Waals surface area (Å²) >= 11 is 0. The highest BCUT2D eigenvalue weighted by molar-refractivity contribution is 5.74. The summed E-state index contributed by atoms with van der Waals surface area (Å²) in [6, 6.07) is 16.4. The van der Waals surface area contributed by atoms with Crippen LogP contribution in [0.3, 0.4) is 0 Å². The molecule has 0 unspecified atom stereocenters. The molecule has 102 valence electrons. The lowest BCUT2D eigenvalue weighted by molar-refractivity contribution is 0.414. The van der Waals surface area contributed by atoms with Crippen molar-refractivity contribution in [1.82, 2.24) is 4.98 Å². The van der Waals surface area contributed by atoms with Crippen LogP contribution in [0.15, 0.2) is 52.9 Å². The third-order valence-electron chi connectivity index (χ3n) is 3.19. The van der Waals surface area contributed by atoms with Crippen molar-refractivity contribution in [3.63, 3.8) is 0 Å². The first-order chi connectivity index (χ1) is 9.76. The van der Waals surface area contributed by atoms with Gasteiger partial charge in [-0.05, 0) is 29.8 Å². The van der Waals surface area contributed by atoms with Gasteiger partial charge in [-0.15, -0.1) is 0 Å². The smallest absolute Gasteiger partial charge is 0.298 e. The third-order valence-corrected chi connectivity index (χ3v) is 3.19. The summed E-state index contributed by atoms with van der Waals surface area (Å²) in [4.78, 5) is 6.47. The lowest BCUT2D eigenvalue weighted by Gasteiger charge is -2.14. The number of aromatic nitrogens is 1. The largest absolute Gasteiger partial charge is 0.497 e. The Hall–Kier alpha value is -2.49. The number of anilines is 1. The Morgan fingerprint density at radius 1 is 1.10 bits per heavy atom. The molecule has 3 aromatic rings. The molecular formula is C16H16N2O2. The van der Waals surface area contributed by atoms with Gasteiger partial charge >= 0.3 is 0 Å². The quantitative estimate of drug-likeness (QED) is 0.726. The van der Waals surface area contributed by atoms with Gasteiger partial charge in [-0.25, -0.2) is 0 Å². The Balaban J connectivity index is 1.79. The number of benzene rings is 2. The maximum atomic E-state index is 5.74. The Labute approximate surface area is 117 Å². The number of oxazole rings is 1. The van der Waals surface area contributed by atoms with Gasteiger partial charge in [0, 0.05) is 13.6 Å². The molecule has 0 radical (unpaired) electrons. The summed E-state index contributed by atoms with van der Waals surface area (Å²) in [6.45, 7) is 0.733. The van der Waals surface area contributed by atoms with Crippen LogP contribution < -0.4 is 9.64 Å². The van der Waals surface area contributed by atoms with E-state index < -0.39 is 0 Å². The van der Waals surface area contributed by atoms with Crippen LogP contribution in [-0.2, 0) is 6.54 Å². The topological polar surface area (TPSA) is 38.5 Å². The molecule has 0 aliphatic carbocycles. The van der Waals surface area contributed by atoms with E-state index in [1.165, 1.54) is 5.56 Å². The summed E-state index contributed by atoms with van der Waals surface area (Å²) in [5.41, 5.74) is 2.86. The molecular weight excluding hydrogens is 252 g/mol. The number of rotatable bonds is 4. The van der Waals surface area contributed by atoms with E-state index in [0.29, 0.717) is 6.01 Å². The first-order valence-electron chi connectivity index (χ1n) is 6.46. The van der Waals surface area contributed by atoms with Crippen LogP contribution in [0.1, 0.15) is 5.56 Å². The average molecular weight is 268 g/mol. The maximum Gasteiger partial charge on any atom is 0.298 e. The number of methoxy groups -OCH3 is 1. The fourth-order valence-electron chi connectivity index (χ4n) is 2.10. The van der Waals surface area contributed by atoms with Crippen molar-refractivity contribution >= 4 is 17.1 Å². The first-order valence-corrected chi connectivity index (χ1v) is 6.46. The van der Waals surface area contributed by atoms with Crippen LogP contribution in [0.25, 0.3) is 11.1 Å². The molecule has 3 rings (SSSR count). The van der Waals surface area contributed by atoms with Gasteiger partial charge in [0.15, 0.2) is 5.58 Å². The molecule has 0 spiro atoms. The lowest BCUT2D eigenvalue weighted by atomic mass is 10.2. The highest BCUT2D eigenvalue weighted by Crippen LogP contribution is 2.22. The van der Waals surface area contributed by atoms with E-state index in [-0.39, 0.29) is 0 Å². The van der Waals surface area contributed by atoms with Gasteiger partial charge in [0.1, 0.15) is 11.3 Å². The minimum atomic E-state index is 0.627. The number of hydrogen-bond acceptors (Lipinski definition) is 4. The molecule has 0 amide bonds. The molecule has 0 bridgehead atoms. The summed E-state index contributed by atoms with van der Waals surface area (Å²) in [6.07, 6.45) is 0. The molecule has 0 fully saturated rings.